The Hall–Kier alpha value is -3.20. The highest BCUT2D eigenvalue weighted by atomic mass is 79.9. The van der Waals surface area contributed by atoms with Gasteiger partial charge in [0.2, 0.25) is 11.8 Å². The zero-order valence-electron chi connectivity index (χ0n) is 16.2. The van der Waals surface area contributed by atoms with E-state index in [0.29, 0.717) is 5.69 Å². The summed E-state index contributed by atoms with van der Waals surface area (Å²) >= 11 is 3.31. The van der Waals surface area contributed by atoms with Gasteiger partial charge in [-0.05, 0) is 33.6 Å². The van der Waals surface area contributed by atoms with Crippen molar-refractivity contribution >= 4 is 45.3 Å². The van der Waals surface area contributed by atoms with Crippen LogP contribution in [0.5, 0.6) is 0 Å². The van der Waals surface area contributed by atoms with Gasteiger partial charge in [0.05, 0.1) is 25.1 Å². The lowest BCUT2D eigenvalue weighted by atomic mass is 10.1. The monoisotopic (exact) mass is 475 g/mol. The maximum Gasteiger partial charge on any atom is 0.308 e. The van der Waals surface area contributed by atoms with E-state index in [0.717, 1.165) is 10.0 Å². The summed E-state index contributed by atoms with van der Waals surface area (Å²) in [5.41, 5.74) is 1.45. The molecule has 0 aliphatic carbocycles. The first kappa shape index (κ1) is 23.1. The second-order valence-electron chi connectivity index (χ2n) is 6.23. The molecule has 0 fully saturated rings. The van der Waals surface area contributed by atoms with Crippen LogP contribution in [0.1, 0.15) is 12.0 Å². The molecule has 0 radical (unpaired) electrons. The highest BCUT2D eigenvalue weighted by Gasteiger charge is 2.11. The number of carbonyl (C=O) groups excluding carboxylic acids is 4. The van der Waals surface area contributed by atoms with Gasteiger partial charge in [-0.2, -0.15) is 0 Å². The van der Waals surface area contributed by atoms with E-state index in [-0.39, 0.29) is 31.8 Å². The van der Waals surface area contributed by atoms with Crippen LogP contribution in [0.25, 0.3) is 0 Å². The van der Waals surface area contributed by atoms with Gasteiger partial charge >= 0.3 is 5.97 Å². The van der Waals surface area contributed by atoms with Gasteiger partial charge < -0.3 is 20.7 Å². The minimum absolute atomic E-state index is 0.0592. The summed E-state index contributed by atoms with van der Waals surface area (Å²) in [6.07, 6.45) is 0.163. The second-order valence-corrected chi connectivity index (χ2v) is 7.08. The van der Waals surface area contributed by atoms with Crippen molar-refractivity contribution in [3.63, 3.8) is 0 Å². The first-order valence-corrected chi connectivity index (χ1v) is 10.0. The van der Waals surface area contributed by atoms with Crippen LogP contribution in [0.3, 0.4) is 0 Å². The van der Waals surface area contributed by atoms with Crippen molar-refractivity contribution < 1.29 is 23.9 Å². The Morgan fingerprint density at radius 3 is 2.27 bits per heavy atom. The van der Waals surface area contributed by atoms with Gasteiger partial charge in [-0.3, -0.25) is 19.2 Å². The lowest BCUT2D eigenvalue weighted by Crippen LogP contribution is -2.36. The lowest BCUT2D eigenvalue weighted by Gasteiger charge is -2.09. The smallest absolute Gasteiger partial charge is 0.308 e. The summed E-state index contributed by atoms with van der Waals surface area (Å²) in [5.74, 6) is -1.84. The van der Waals surface area contributed by atoms with Crippen molar-refractivity contribution in [2.75, 3.05) is 25.0 Å². The normalized spacial score (nSPS) is 10.0. The molecule has 0 atom stereocenters. The molecule has 0 spiro atoms. The van der Waals surface area contributed by atoms with Crippen LogP contribution >= 0.6 is 15.9 Å². The van der Waals surface area contributed by atoms with E-state index in [4.69, 9.17) is 4.74 Å². The summed E-state index contributed by atoms with van der Waals surface area (Å²) in [5, 5.41) is 7.62. The average Bonchev–Trinajstić information content (AvgIpc) is 2.73. The summed E-state index contributed by atoms with van der Waals surface area (Å²) in [4.78, 5) is 47.0. The molecule has 2 aromatic rings. The molecule has 8 nitrogen and oxygen atoms in total. The first-order chi connectivity index (χ1) is 14.4. The summed E-state index contributed by atoms with van der Waals surface area (Å²) in [6.45, 7) is -0.646. The van der Waals surface area contributed by atoms with Crippen LogP contribution < -0.4 is 16.0 Å². The Labute approximate surface area is 182 Å². The third kappa shape index (κ3) is 8.87. The lowest BCUT2D eigenvalue weighted by molar-refractivity contribution is -0.148. The second kappa shape index (κ2) is 12.4. The van der Waals surface area contributed by atoms with Crippen molar-refractivity contribution in [2.24, 2.45) is 0 Å². The summed E-state index contributed by atoms with van der Waals surface area (Å²) < 4.78 is 5.55. The molecule has 0 unspecified atom stereocenters. The topological polar surface area (TPSA) is 114 Å². The van der Waals surface area contributed by atoms with Crippen LogP contribution in [0.15, 0.2) is 59.1 Å². The van der Waals surface area contributed by atoms with Gasteiger partial charge in [0.1, 0.15) is 0 Å². The van der Waals surface area contributed by atoms with Crippen molar-refractivity contribution in [1.29, 1.82) is 0 Å². The minimum atomic E-state index is -0.622. The van der Waals surface area contributed by atoms with Crippen LogP contribution in [0.4, 0.5) is 5.69 Å². The van der Waals surface area contributed by atoms with Crippen LogP contribution in [0, 0.1) is 0 Å². The zero-order chi connectivity index (χ0) is 21.8. The number of benzene rings is 2. The van der Waals surface area contributed by atoms with Gasteiger partial charge in [0, 0.05) is 11.0 Å². The fourth-order valence-electron chi connectivity index (χ4n) is 2.35. The van der Waals surface area contributed by atoms with Crippen molar-refractivity contribution in [3.8, 4) is 0 Å². The van der Waals surface area contributed by atoms with E-state index in [1.807, 2.05) is 36.4 Å². The summed E-state index contributed by atoms with van der Waals surface area (Å²) in [7, 11) is 0. The molecule has 0 saturated carbocycles. The van der Waals surface area contributed by atoms with E-state index < -0.39 is 24.4 Å². The third-order valence-corrected chi connectivity index (χ3v) is 4.51. The Balaban J connectivity index is 1.56. The van der Waals surface area contributed by atoms with E-state index >= 15 is 0 Å². The SMILES string of the molecule is O=C(COC(=O)CCNC(=O)Cc1ccccc1)NCC(=O)Nc1ccccc1Br. The number of nitrogens with one attached hydrogen (secondary N) is 3. The van der Waals surface area contributed by atoms with Gasteiger partial charge in [-0.25, -0.2) is 0 Å². The maximum atomic E-state index is 11.8. The number of ether oxygens (including phenoxy) is 1. The molecule has 3 amide bonds. The molecule has 2 rings (SSSR count). The zero-order valence-corrected chi connectivity index (χ0v) is 17.7. The number of hydrogen-bond donors (Lipinski definition) is 3. The van der Waals surface area contributed by atoms with Crippen LogP contribution in [-0.2, 0) is 30.3 Å². The third-order valence-electron chi connectivity index (χ3n) is 3.82. The molecule has 158 valence electrons. The van der Waals surface area contributed by atoms with E-state index in [2.05, 4.69) is 31.9 Å². The number of para-hydroxylation sites is 1. The molecule has 0 aliphatic rings. The van der Waals surface area contributed by atoms with Gasteiger partial charge in [0.25, 0.3) is 5.91 Å². The highest BCUT2D eigenvalue weighted by molar-refractivity contribution is 9.10. The molecule has 0 saturated heterocycles. The van der Waals surface area contributed by atoms with E-state index in [1.54, 1.807) is 18.2 Å². The van der Waals surface area contributed by atoms with Crippen molar-refractivity contribution in [2.45, 2.75) is 12.8 Å². The molecule has 0 aromatic heterocycles. The Morgan fingerprint density at radius 1 is 0.833 bits per heavy atom. The quantitative estimate of drug-likeness (QED) is 0.453. The van der Waals surface area contributed by atoms with Crippen LogP contribution in [-0.4, -0.2) is 43.4 Å². The molecule has 0 aliphatic heterocycles. The summed E-state index contributed by atoms with van der Waals surface area (Å²) in [6, 6.07) is 16.3. The van der Waals surface area contributed by atoms with E-state index in [9.17, 15) is 19.2 Å². The maximum absolute atomic E-state index is 11.8. The molecular formula is C21H22BrN3O5. The fourth-order valence-corrected chi connectivity index (χ4v) is 2.74. The molecule has 9 heteroatoms. The number of anilines is 1. The largest absolute Gasteiger partial charge is 0.456 e. The van der Waals surface area contributed by atoms with E-state index in [1.165, 1.54) is 0 Å². The Kier molecular flexibility index (Phi) is 9.53. The molecule has 2 aromatic carbocycles. The standard InChI is InChI=1S/C21H22BrN3O5/c22-16-8-4-5-9-17(16)25-19(27)13-24-20(28)14-30-21(29)10-11-23-18(26)12-15-6-2-1-3-7-15/h1-9H,10-14H2,(H,23,26)(H,24,28)(H,25,27). The number of halogens is 1. The fraction of sp³-hybridized carbons (Fsp3) is 0.238. The van der Waals surface area contributed by atoms with Gasteiger partial charge in [0.15, 0.2) is 6.61 Å². The molecular weight excluding hydrogens is 454 g/mol. The number of esters is 1. The van der Waals surface area contributed by atoms with Crippen LogP contribution in [0.2, 0.25) is 0 Å². The average molecular weight is 476 g/mol. The number of carbonyl (C=O) groups is 4. The predicted octanol–water partition coefficient (Wildman–Crippen LogP) is 1.80. The van der Waals surface area contributed by atoms with Crippen molar-refractivity contribution in [3.05, 3.63) is 64.6 Å². The number of amides is 3. The van der Waals surface area contributed by atoms with Gasteiger partial charge in [-0.1, -0.05) is 42.5 Å². The van der Waals surface area contributed by atoms with Gasteiger partial charge in [-0.15, -0.1) is 0 Å². The minimum Gasteiger partial charge on any atom is -0.456 e. The molecule has 3 N–H and O–H groups in total. The van der Waals surface area contributed by atoms with Crippen molar-refractivity contribution in [1.82, 2.24) is 10.6 Å². The first-order valence-electron chi connectivity index (χ1n) is 9.21. The predicted molar refractivity (Wildman–Crippen MR) is 115 cm³/mol. The molecule has 0 bridgehead atoms. The molecule has 30 heavy (non-hydrogen) atoms. The Bertz CT molecular complexity index is 889. The Morgan fingerprint density at radius 2 is 1.53 bits per heavy atom. The number of hydrogen-bond acceptors (Lipinski definition) is 5. The number of rotatable bonds is 10. The highest BCUT2D eigenvalue weighted by Crippen LogP contribution is 2.20. The molecule has 0 heterocycles.